The first-order valence-corrected chi connectivity index (χ1v) is 16.5. The summed E-state index contributed by atoms with van der Waals surface area (Å²) in [4.78, 5) is 30.7. The second-order valence-corrected chi connectivity index (χ2v) is 13.4. The highest BCUT2D eigenvalue weighted by Gasteiger charge is 2.33. The summed E-state index contributed by atoms with van der Waals surface area (Å²) >= 11 is 1.52. The molecule has 1 atom stereocenters. The van der Waals surface area contributed by atoms with Gasteiger partial charge in [0, 0.05) is 47.2 Å². The number of nitrogens with two attached hydrogens (primary N) is 1. The molecule has 2 heterocycles. The zero-order valence-electron chi connectivity index (χ0n) is 23.8. The Morgan fingerprint density at radius 1 is 0.864 bits per heavy atom. The minimum Gasteiger partial charge on any atom is -0.384 e. The van der Waals surface area contributed by atoms with E-state index in [0.717, 1.165) is 20.9 Å². The molecule has 0 aliphatic carbocycles. The van der Waals surface area contributed by atoms with Crippen LogP contribution < -0.4 is 10.5 Å². The standard InChI is InChI=1S/C33H31N5O4S2/c34-31(35)25-9-5-6-22(18-25)19-29(36-44(41,42)26-13-12-23-7-1-2-8-24(23)20-26)33(40)38-16-14-37(15-17-38)32(39)28-21-43-30-11-4-3-10-27(28)30/h1-13,18,20-21,29,36H,14-17,19H2,(H3,34,35). The van der Waals surface area contributed by atoms with E-state index in [1.807, 2.05) is 53.9 Å². The molecule has 6 rings (SSSR count). The Hall–Kier alpha value is -4.58. The lowest BCUT2D eigenvalue weighted by Gasteiger charge is -2.36. The van der Waals surface area contributed by atoms with Gasteiger partial charge in [-0.3, -0.25) is 15.0 Å². The number of nitrogens with zero attached hydrogens (tertiary/aromatic N) is 2. The van der Waals surface area contributed by atoms with Crippen molar-refractivity contribution < 1.29 is 18.0 Å². The van der Waals surface area contributed by atoms with Crippen LogP contribution in [-0.4, -0.2) is 68.1 Å². The number of fused-ring (bicyclic) bond motifs is 2. The first kappa shape index (κ1) is 29.5. The number of thiophene rings is 1. The molecule has 1 aliphatic rings. The molecule has 4 aromatic carbocycles. The predicted octanol–water partition coefficient (Wildman–Crippen LogP) is 4.21. The number of nitrogens with one attached hydrogen (secondary N) is 2. The van der Waals surface area contributed by atoms with E-state index < -0.39 is 16.1 Å². The third-order valence-electron chi connectivity index (χ3n) is 7.89. The Balaban J connectivity index is 1.22. The summed E-state index contributed by atoms with van der Waals surface area (Å²) in [6, 6.07) is 25.9. The molecule has 11 heteroatoms. The maximum absolute atomic E-state index is 14.0. The average Bonchev–Trinajstić information content (AvgIpc) is 3.48. The highest BCUT2D eigenvalue weighted by Crippen LogP contribution is 2.27. The van der Waals surface area contributed by atoms with Gasteiger partial charge in [0.25, 0.3) is 5.91 Å². The molecule has 0 saturated carbocycles. The van der Waals surface area contributed by atoms with Crippen molar-refractivity contribution in [3.8, 4) is 0 Å². The van der Waals surface area contributed by atoms with Gasteiger partial charge in [-0.2, -0.15) is 4.72 Å². The molecule has 2 amide bonds. The monoisotopic (exact) mass is 625 g/mol. The fourth-order valence-electron chi connectivity index (χ4n) is 5.53. The topological polar surface area (TPSA) is 137 Å². The fraction of sp³-hybridized carbons (Fsp3) is 0.182. The van der Waals surface area contributed by atoms with Crippen molar-refractivity contribution in [3.05, 3.63) is 113 Å². The summed E-state index contributed by atoms with van der Waals surface area (Å²) in [5.74, 6) is -0.578. The molecule has 1 aromatic heterocycles. The molecule has 1 aliphatic heterocycles. The Labute approximate surface area is 259 Å². The number of hydrogen-bond acceptors (Lipinski definition) is 6. The zero-order valence-corrected chi connectivity index (χ0v) is 25.4. The first-order chi connectivity index (χ1) is 21.2. The van der Waals surface area contributed by atoms with Crippen molar-refractivity contribution in [3.63, 3.8) is 0 Å². The largest absolute Gasteiger partial charge is 0.384 e. The molecule has 0 radical (unpaired) electrons. The number of sulfonamides is 1. The number of benzene rings is 4. The van der Waals surface area contributed by atoms with Crippen LogP contribution in [0.25, 0.3) is 20.9 Å². The van der Waals surface area contributed by atoms with Crippen LogP contribution in [-0.2, 0) is 21.2 Å². The lowest BCUT2D eigenvalue weighted by molar-refractivity contribution is -0.134. The highest BCUT2D eigenvalue weighted by molar-refractivity contribution is 7.89. The molecule has 9 nitrogen and oxygen atoms in total. The Morgan fingerprint density at radius 2 is 1.57 bits per heavy atom. The van der Waals surface area contributed by atoms with Crippen LogP contribution in [0.4, 0.5) is 0 Å². The molecule has 44 heavy (non-hydrogen) atoms. The van der Waals surface area contributed by atoms with Crippen molar-refractivity contribution >= 4 is 59.9 Å². The van der Waals surface area contributed by atoms with Gasteiger partial charge in [-0.25, -0.2) is 8.42 Å². The number of carbonyl (C=O) groups is 2. The maximum atomic E-state index is 14.0. The smallest absolute Gasteiger partial charge is 0.255 e. The molecule has 1 unspecified atom stereocenters. The number of hydrogen-bond donors (Lipinski definition) is 3. The van der Waals surface area contributed by atoms with Crippen molar-refractivity contribution in [2.75, 3.05) is 26.2 Å². The number of rotatable bonds is 8. The SMILES string of the molecule is N=C(N)c1cccc(CC(NS(=O)(=O)c2ccc3ccccc3c2)C(=O)N2CCN(C(=O)c3csc4ccccc34)CC2)c1. The second-order valence-electron chi connectivity index (χ2n) is 10.8. The van der Waals surface area contributed by atoms with Gasteiger partial charge in [0.1, 0.15) is 11.9 Å². The lowest BCUT2D eigenvalue weighted by Crippen LogP contribution is -2.56. The number of amides is 2. The van der Waals surface area contributed by atoms with Crippen LogP contribution in [0.5, 0.6) is 0 Å². The lowest BCUT2D eigenvalue weighted by atomic mass is 10.0. The van der Waals surface area contributed by atoms with E-state index in [1.165, 1.54) is 17.4 Å². The highest BCUT2D eigenvalue weighted by atomic mass is 32.2. The van der Waals surface area contributed by atoms with Crippen molar-refractivity contribution in [1.82, 2.24) is 14.5 Å². The van der Waals surface area contributed by atoms with Gasteiger partial charge in [0.2, 0.25) is 15.9 Å². The third kappa shape index (κ3) is 6.07. The van der Waals surface area contributed by atoms with E-state index in [-0.39, 0.29) is 42.1 Å². The van der Waals surface area contributed by atoms with Gasteiger partial charge in [-0.05, 0) is 47.0 Å². The molecular formula is C33H31N5O4S2. The van der Waals surface area contributed by atoms with Gasteiger partial charge >= 0.3 is 0 Å². The van der Waals surface area contributed by atoms with Gasteiger partial charge in [0.05, 0.1) is 10.5 Å². The average molecular weight is 626 g/mol. The van der Waals surface area contributed by atoms with E-state index >= 15 is 0 Å². The molecule has 0 spiro atoms. The minimum absolute atomic E-state index is 0.0601. The second kappa shape index (κ2) is 12.2. The summed E-state index contributed by atoms with van der Waals surface area (Å²) in [6.45, 7) is 1.21. The van der Waals surface area contributed by atoms with Crippen LogP contribution in [0, 0.1) is 5.41 Å². The van der Waals surface area contributed by atoms with Gasteiger partial charge < -0.3 is 15.5 Å². The Morgan fingerprint density at radius 3 is 2.34 bits per heavy atom. The van der Waals surface area contributed by atoms with E-state index in [1.54, 1.807) is 46.2 Å². The number of carbonyl (C=O) groups excluding carboxylic acids is 2. The van der Waals surface area contributed by atoms with Crippen molar-refractivity contribution in [1.29, 1.82) is 5.41 Å². The van der Waals surface area contributed by atoms with Crippen molar-refractivity contribution in [2.24, 2.45) is 5.73 Å². The molecule has 1 fully saturated rings. The minimum atomic E-state index is -4.08. The predicted molar refractivity (Wildman–Crippen MR) is 174 cm³/mol. The van der Waals surface area contributed by atoms with E-state index in [9.17, 15) is 18.0 Å². The molecule has 224 valence electrons. The van der Waals surface area contributed by atoms with Gasteiger partial charge in [-0.15, -0.1) is 11.3 Å². The fourth-order valence-corrected chi connectivity index (χ4v) is 7.69. The quantitative estimate of drug-likeness (QED) is 0.175. The molecule has 1 saturated heterocycles. The summed E-state index contributed by atoms with van der Waals surface area (Å²) in [5, 5.41) is 12.3. The number of amidine groups is 1. The van der Waals surface area contributed by atoms with Crippen LogP contribution in [0.15, 0.2) is 101 Å². The summed E-state index contributed by atoms with van der Waals surface area (Å²) in [5.41, 5.74) is 7.48. The number of nitrogen functional groups attached to an aromatic ring is 1. The van der Waals surface area contributed by atoms with Gasteiger partial charge in [-0.1, -0.05) is 66.7 Å². The normalized spacial score (nSPS) is 14.5. The van der Waals surface area contributed by atoms with Crippen LogP contribution in [0.1, 0.15) is 21.5 Å². The van der Waals surface area contributed by atoms with E-state index in [0.29, 0.717) is 29.8 Å². The number of piperazine rings is 1. The van der Waals surface area contributed by atoms with Crippen LogP contribution in [0.3, 0.4) is 0 Å². The van der Waals surface area contributed by atoms with Gasteiger partial charge in [0.15, 0.2) is 0 Å². The Kier molecular flexibility index (Phi) is 8.17. The molecule has 0 bridgehead atoms. The maximum Gasteiger partial charge on any atom is 0.255 e. The van der Waals surface area contributed by atoms with Crippen LogP contribution >= 0.6 is 11.3 Å². The van der Waals surface area contributed by atoms with Crippen LogP contribution in [0.2, 0.25) is 0 Å². The van der Waals surface area contributed by atoms with E-state index in [4.69, 9.17) is 11.1 Å². The molecule has 4 N–H and O–H groups in total. The molecular weight excluding hydrogens is 595 g/mol. The summed E-state index contributed by atoms with van der Waals surface area (Å²) < 4.78 is 31.0. The first-order valence-electron chi connectivity index (χ1n) is 14.2. The summed E-state index contributed by atoms with van der Waals surface area (Å²) in [7, 11) is -4.08. The van der Waals surface area contributed by atoms with Crippen molar-refractivity contribution in [2.45, 2.75) is 17.4 Å². The Bertz CT molecular complexity index is 2000. The van der Waals surface area contributed by atoms with E-state index in [2.05, 4.69) is 4.72 Å². The summed E-state index contributed by atoms with van der Waals surface area (Å²) in [6.07, 6.45) is 0.0623. The third-order valence-corrected chi connectivity index (χ3v) is 10.3. The molecule has 5 aromatic rings. The zero-order chi connectivity index (χ0) is 30.8.